The fraction of sp³-hybridized carbons (Fsp3) is 0.286. The van der Waals surface area contributed by atoms with E-state index in [0.29, 0.717) is 28.7 Å². The van der Waals surface area contributed by atoms with Crippen molar-refractivity contribution < 1.29 is 4.79 Å². The molecule has 1 heterocycles. The number of benzene rings is 1. The summed E-state index contributed by atoms with van der Waals surface area (Å²) in [5, 5.41) is 3.89. The van der Waals surface area contributed by atoms with Gasteiger partial charge >= 0.3 is 0 Å². The smallest absolute Gasteiger partial charge is 0.176 e. The Morgan fingerprint density at radius 2 is 2.10 bits per heavy atom. The SMILES string of the molecule is Cc1nc(CN(C)CC(=O)c2ccc(Cl)c(Cl)c2)cs1. The number of rotatable bonds is 5. The fourth-order valence-corrected chi connectivity index (χ4v) is 2.72. The van der Waals surface area contributed by atoms with Gasteiger partial charge in [0.15, 0.2) is 5.78 Å². The highest BCUT2D eigenvalue weighted by atomic mass is 35.5. The average Bonchev–Trinajstić information content (AvgIpc) is 2.77. The summed E-state index contributed by atoms with van der Waals surface area (Å²) in [6.07, 6.45) is 0. The quantitative estimate of drug-likeness (QED) is 0.775. The summed E-state index contributed by atoms with van der Waals surface area (Å²) in [6.45, 7) is 2.93. The molecule has 0 unspecified atom stereocenters. The van der Waals surface area contributed by atoms with Crippen LogP contribution in [0.3, 0.4) is 0 Å². The van der Waals surface area contributed by atoms with E-state index in [9.17, 15) is 4.79 Å². The van der Waals surface area contributed by atoms with Crippen LogP contribution in [0.25, 0.3) is 0 Å². The summed E-state index contributed by atoms with van der Waals surface area (Å²) >= 11 is 13.4. The van der Waals surface area contributed by atoms with Gasteiger partial charge in [0.1, 0.15) is 0 Å². The van der Waals surface area contributed by atoms with Crippen molar-refractivity contribution in [2.45, 2.75) is 13.5 Å². The van der Waals surface area contributed by atoms with E-state index in [4.69, 9.17) is 23.2 Å². The molecule has 0 saturated carbocycles. The number of carbonyl (C=O) groups excluding carboxylic acids is 1. The molecule has 0 spiro atoms. The molecule has 2 rings (SSSR count). The highest BCUT2D eigenvalue weighted by Crippen LogP contribution is 2.23. The first-order valence-corrected chi connectivity index (χ1v) is 7.67. The van der Waals surface area contributed by atoms with E-state index in [-0.39, 0.29) is 5.78 Å². The first-order valence-electron chi connectivity index (χ1n) is 6.03. The van der Waals surface area contributed by atoms with Gasteiger partial charge in [0.25, 0.3) is 0 Å². The normalized spacial score (nSPS) is 11.1. The zero-order valence-corrected chi connectivity index (χ0v) is 13.5. The number of aryl methyl sites for hydroxylation is 1. The summed E-state index contributed by atoms with van der Waals surface area (Å²) in [5.41, 5.74) is 1.55. The van der Waals surface area contributed by atoms with Crippen molar-refractivity contribution in [1.29, 1.82) is 0 Å². The molecule has 106 valence electrons. The Morgan fingerprint density at radius 3 is 2.70 bits per heavy atom. The molecule has 0 fully saturated rings. The Labute approximate surface area is 132 Å². The van der Waals surface area contributed by atoms with E-state index in [2.05, 4.69) is 4.98 Å². The zero-order valence-electron chi connectivity index (χ0n) is 11.2. The van der Waals surface area contributed by atoms with Gasteiger partial charge in [0.05, 0.1) is 27.3 Å². The van der Waals surface area contributed by atoms with Crippen molar-refractivity contribution in [2.24, 2.45) is 0 Å². The van der Waals surface area contributed by atoms with E-state index < -0.39 is 0 Å². The maximum Gasteiger partial charge on any atom is 0.176 e. The minimum atomic E-state index is 0.0121. The van der Waals surface area contributed by atoms with E-state index in [1.807, 2.05) is 24.3 Å². The highest BCUT2D eigenvalue weighted by molar-refractivity contribution is 7.09. The molecule has 6 heteroatoms. The first kappa shape index (κ1) is 15.4. The lowest BCUT2D eigenvalue weighted by Gasteiger charge is -2.14. The van der Waals surface area contributed by atoms with Crippen LogP contribution in [0, 0.1) is 6.92 Å². The van der Waals surface area contributed by atoms with Crippen molar-refractivity contribution in [3.05, 3.63) is 49.9 Å². The standard InChI is InChI=1S/C14H14Cl2N2OS/c1-9-17-11(8-20-9)6-18(2)7-14(19)10-3-4-12(15)13(16)5-10/h3-5,8H,6-7H2,1-2H3. The van der Waals surface area contributed by atoms with Crippen molar-refractivity contribution >= 4 is 40.3 Å². The number of carbonyl (C=O) groups is 1. The molecule has 3 nitrogen and oxygen atoms in total. The molecule has 0 aliphatic rings. The molecular formula is C14H14Cl2N2OS. The van der Waals surface area contributed by atoms with Gasteiger partial charge in [-0.05, 0) is 32.2 Å². The molecule has 0 saturated heterocycles. The lowest BCUT2D eigenvalue weighted by molar-refractivity contribution is 0.0942. The Balaban J connectivity index is 1.98. The Bertz CT molecular complexity index is 627. The Hall–Kier alpha value is -0.940. The third-order valence-electron chi connectivity index (χ3n) is 2.75. The number of ketones is 1. The zero-order chi connectivity index (χ0) is 14.7. The van der Waals surface area contributed by atoms with E-state index in [1.165, 1.54) is 0 Å². The Kier molecular flexibility index (Phi) is 5.16. The summed E-state index contributed by atoms with van der Waals surface area (Å²) < 4.78 is 0. The predicted molar refractivity (Wildman–Crippen MR) is 84.0 cm³/mol. The van der Waals surface area contributed by atoms with Gasteiger partial charge in [0.2, 0.25) is 0 Å². The van der Waals surface area contributed by atoms with Gasteiger partial charge in [-0.25, -0.2) is 4.98 Å². The van der Waals surface area contributed by atoms with Crippen LogP contribution < -0.4 is 0 Å². The number of aromatic nitrogens is 1. The van der Waals surface area contributed by atoms with Crippen molar-refractivity contribution in [1.82, 2.24) is 9.88 Å². The summed E-state index contributed by atoms with van der Waals surface area (Å²) in [7, 11) is 1.89. The number of Topliss-reactive ketones (excluding diaryl/α,β-unsaturated/α-hetero) is 1. The number of thiazole rings is 1. The lowest BCUT2D eigenvalue weighted by atomic mass is 10.1. The van der Waals surface area contributed by atoms with Gasteiger partial charge in [-0.1, -0.05) is 23.2 Å². The summed E-state index contributed by atoms with van der Waals surface area (Å²) in [4.78, 5) is 18.5. The number of halogens is 2. The predicted octanol–water partition coefficient (Wildman–Crippen LogP) is 4.07. The van der Waals surface area contributed by atoms with Gasteiger partial charge in [-0.2, -0.15) is 0 Å². The molecule has 0 radical (unpaired) electrons. The summed E-state index contributed by atoms with van der Waals surface area (Å²) in [5.74, 6) is 0.0121. The van der Waals surface area contributed by atoms with Crippen molar-refractivity contribution in [3.8, 4) is 0 Å². The Morgan fingerprint density at radius 1 is 1.35 bits per heavy atom. The molecule has 0 atom stereocenters. The van der Waals surface area contributed by atoms with Gasteiger partial charge < -0.3 is 0 Å². The first-order chi connectivity index (χ1) is 9.45. The molecule has 2 aromatic rings. The van der Waals surface area contributed by atoms with Crippen LogP contribution in [-0.2, 0) is 6.54 Å². The maximum absolute atomic E-state index is 12.2. The second-order valence-electron chi connectivity index (χ2n) is 4.58. The maximum atomic E-state index is 12.2. The molecular weight excluding hydrogens is 315 g/mol. The second-order valence-corrected chi connectivity index (χ2v) is 6.46. The molecule has 20 heavy (non-hydrogen) atoms. The van der Waals surface area contributed by atoms with Crippen molar-refractivity contribution in [2.75, 3.05) is 13.6 Å². The van der Waals surface area contributed by atoms with Crippen LogP contribution in [-0.4, -0.2) is 29.3 Å². The van der Waals surface area contributed by atoms with Crippen molar-refractivity contribution in [3.63, 3.8) is 0 Å². The van der Waals surface area contributed by atoms with Gasteiger partial charge in [-0.15, -0.1) is 11.3 Å². The fourth-order valence-electron chi connectivity index (χ4n) is 1.82. The number of nitrogens with zero attached hydrogens (tertiary/aromatic N) is 2. The third kappa shape index (κ3) is 4.03. The average molecular weight is 329 g/mol. The van der Waals surface area contributed by atoms with Crippen LogP contribution in [0.15, 0.2) is 23.6 Å². The second kappa shape index (κ2) is 6.68. The van der Waals surface area contributed by atoms with Crippen LogP contribution in [0.1, 0.15) is 21.1 Å². The summed E-state index contributed by atoms with van der Waals surface area (Å²) in [6, 6.07) is 4.94. The lowest BCUT2D eigenvalue weighted by Crippen LogP contribution is -2.25. The molecule has 0 amide bonds. The van der Waals surface area contributed by atoms with E-state index in [0.717, 1.165) is 10.7 Å². The molecule has 0 aliphatic carbocycles. The number of hydrogen-bond acceptors (Lipinski definition) is 4. The number of likely N-dealkylation sites (N-methyl/N-ethyl adjacent to an activating group) is 1. The highest BCUT2D eigenvalue weighted by Gasteiger charge is 2.12. The van der Waals surface area contributed by atoms with Crippen LogP contribution in [0.5, 0.6) is 0 Å². The molecule has 0 aliphatic heterocycles. The third-order valence-corrected chi connectivity index (χ3v) is 4.31. The minimum absolute atomic E-state index is 0.0121. The van der Waals surface area contributed by atoms with Crippen LogP contribution in [0.4, 0.5) is 0 Å². The van der Waals surface area contributed by atoms with Gasteiger partial charge in [0, 0.05) is 17.5 Å². The molecule has 1 aromatic carbocycles. The van der Waals surface area contributed by atoms with Crippen LogP contribution >= 0.6 is 34.5 Å². The van der Waals surface area contributed by atoms with Gasteiger partial charge in [-0.3, -0.25) is 9.69 Å². The molecule has 1 aromatic heterocycles. The van der Waals surface area contributed by atoms with E-state index >= 15 is 0 Å². The monoisotopic (exact) mass is 328 g/mol. The van der Waals surface area contributed by atoms with Crippen LogP contribution in [0.2, 0.25) is 10.0 Å². The molecule has 0 N–H and O–H groups in total. The molecule has 0 bridgehead atoms. The topological polar surface area (TPSA) is 33.2 Å². The van der Waals surface area contributed by atoms with E-state index in [1.54, 1.807) is 29.5 Å². The minimum Gasteiger partial charge on any atom is -0.293 e. The largest absolute Gasteiger partial charge is 0.293 e. The number of hydrogen-bond donors (Lipinski definition) is 0.